The van der Waals surface area contributed by atoms with Gasteiger partial charge < -0.3 is 16.0 Å². The predicted octanol–water partition coefficient (Wildman–Crippen LogP) is 3.79. The third-order valence-electron chi connectivity index (χ3n) is 3.08. The van der Waals surface area contributed by atoms with Gasteiger partial charge >= 0.3 is 0 Å². The quantitative estimate of drug-likeness (QED) is 0.729. The molecule has 0 fully saturated rings. The summed E-state index contributed by atoms with van der Waals surface area (Å²) in [6, 6.07) is 11.7. The average molecular weight is 366 g/mol. The van der Waals surface area contributed by atoms with Crippen LogP contribution in [0.25, 0.3) is 0 Å². The summed E-state index contributed by atoms with van der Waals surface area (Å²) in [4.78, 5) is 23.6. The van der Waals surface area contributed by atoms with E-state index in [1.54, 1.807) is 42.5 Å². The molecule has 0 heterocycles. The molecular formula is C17H17Cl2N3O2. The number of carbonyl (C=O) groups is 2. The van der Waals surface area contributed by atoms with Crippen molar-refractivity contribution < 1.29 is 9.59 Å². The first-order chi connectivity index (χ1) is 11.5. The van der Waals surface area contributed by atoms with Crippen LogP contribution in [-0.4, -0.2) is 24.9 Å². The summed E-state index contributed by atoms with van der Waals surface area (Å²) >= 11 is 11.8. The zero-order valence-corrected chi connectivity index (χ0v) is 14.5. The molecule has 5 nitrogen and oxygen atoms in total. The number of halogens is 2. The lowest BCUT2D eigenvalue weighted by Crippen LogP contribution is -2.23. The van der Waals surface area contributed by atoms with Crippen molar-refractivity contribution in [1.29, 1.82) is 0 Å². The van der Waals surface area contributed by atoms with Crippen LogP contribution < -0.4 is 16.0 Å². The Bertz CT molecular complexity index is 713. The summed E-state index contributed by atoms with van der Waals surface area (Å²) in [6.07, 6.45) is 0. The summed E-state index contributed by atoms with van der Waals surface area (Å²) < 4.78 is 0. The van der Waals surface area contributed by atoms with Gasteiger partial charge in [-0.25, -0.2) is 0 Å². The molecule has 0 saturated heterocycles. The van der Waals surface area contributed by atoms with E-state index in [-0.39, 0.29) is 18.4 Å². The number of nitrogens with one attached hydrogen (secondary N) is 3. The highest BCUT2D eigenvalue weighted by atomic mass is 35.5. The zero-order chi connectivity index (χ0) is 17.5. The van der Waals surface area contributed by atoms with Crippen molar-refractivity contribution in [3.63, 3.8) is 0 Å². The minimum Gasteiger partial charge on any atom is -0.376 e. The van der Waals surface area contributed by atoms with Gasteiger partial charge in [-0.2, -0.15) is 0 Å². The number of carbonyl (C=O) groups excluding carboxylic acids is 2. The highest BCUT2D eigenvalue weighted by molar-refractivity contribution is 6.35. The SMILES string of the molecule is CCNC(=O)c1ccc(NCC(=O)Nc2cc(Cl)cc(Cl)c2)cc1. The van der Waals surface area contributed by atoms with Crippen LogP contribution in [0, 0.1) is 0 Å². The minimum atomic E-state index is -0.235. The van der Waals surface area contributed by atoms with Gasteiger partial charge in [0.1, 0.15) is 0 Å². The van der Waals surface area contributed by atoms with Crippen molar-refractivity contribution in [2.45, 2.75) is 6.92 Å². The number of benzene rings is 2. The number of rotatable bonds is 6. The third-order valence-corrected chi connectivity index (χ3v) is 3.52. The molecular weight excluding hydrogens is 349 g/mol. The number of anilines is 2. The van der Waals surface area contributed by atoms with Gasteiger partial charge in [-0.1, -0.05) is 23.2 Å². The van der Waals surface area contributed by atoms with Crippen LogP contribution in [0.15, 0.2) is 42.5 Å². The van der Waals surface area contributed by atoms with Crippen molar-refractivity contribution >= 4 is 46.4 Å². The van der Waals surface area contributed by atoms with E-state index in [0.29, 0.717) is 27.8 Å². The van der Waals surface area contributed by atoms with Crippen LogP contribution in [0.3, 0.4) is 0 Å². The summed E-state index contributed by atoms with van der Waals surface area (Å²) in [5, 5.41) is 9.31. The molecule has 0 aliphatic rings. The average Bonchev–Trinajstić information content (AvgIpc) is 2.52. The van der Waals surface area contributed by atoms with Crippen LogP contribution in [0.2, 0.25) is 10.0 Å². The Labute approximate surface area is 150 Å². The molecule has 3 N–H and O–H groups in total. The van der Waals surface area contributed by atoms with E-state index in [0.717, 1.165) is 5.69 Å². The summed E-state index contributed by atoms with van der Waals surface area (Å²) in [5.74, 6) is -0.360. The zero-order valence-electron chi connectivity index (χ0n) is 13.0. The van der Waals surface area contributed by atoms with E-state index in [4.69, 9.17) is 23.2 Å². The molecule has 0 aliphatic carbocycles. The van der Waals surface area contributed by atoms with E-state index < -0.39 is 0 Å². The molecule has 0 bridgehead atoms. The number of amides is 2. The highest BCUT2D eigenvalue weighted by Gasteiger charge is 2.06. The Morgan fingerprint density at radius 3 is 2.17 bits per heavy atom. The van der Waals surface area contributed by atoms with E-state index in [9.17, 15) is 9.59 Å². The number of hydrogen-bond acceptors (Lipinski definition) is 3. The van der Waals surface area contributed by atoms with E-state index in [1.807, 2.05) is 6.92 Å². The van der Waals surface area contributed by atoms with Crippen molar-refractivity contribution in [2.24, 2.45) is 0 Å². The Balaban J connectivity index is 1.88. The second kappa shape index (κ2) is 8.57. The maximum atomic E-state index is 11.9. The van der Waals surface area contributed by atoms with Gasteiger partial charge in [0.2, 0.25) is 5.91 Å². The molecule has 0 atom stereocenters. The van der Waals surface area contributed by atoms with Crippen molar-refractivity contribution in [3.05, 3.63) is 58.1 Å². The largest absolute Gasteiger partial charge is 0.376 e. The molecule has 2 rings (SSSR count). The van der Waals surface area contributed by atoms with Crippen molar-refractivity contribution in [1.82, 2.24) is 5.32 Å². The lowest BCUT2D eigenvalue weighted by Gasteiger charge is -2.09. The van der Waals surface area contributed by atoms with Gasteiger partial charge in [0.15, 0.2) is 0 Å². The normalized spacial score (nSPS) is 10.1. The molecule has 126 valence electrons. The molecule has 0 spiro atoms. The third kappa shape index (κ3) is 5.44. The lowest BCUT2D eigenvalue weighted by atomic mass is 10.2. The Kier molecular flexibility index (Phi) is 6.46. The molecule has 0 aromatic heterocycles. The fourth-order valence-electron chi connectivity index (χ4n) is 2.02. The fourth-order valence-corrected chi connectivity index (χ4v) is 2.54. The monoisotopic (exact) mass is 365 g/mol. The maximum absolute atomic E-state index is 11.9. The Morgan fingerprint density at radius 1 is 0.958 bits per heavy atom. The van der Waals surface area contributed by atoms with Gasteiger partial charge in [0, 0.05) is 33.5 Å². The summed E-state index contributed by atoms with van der Waals surface area (Å²) in [7, 11) is 0. The fraction of sp³-hybridized carbons (Fsp3) is 0.176. The van der Waals surface area contributed by atoms with Crippen LogP contribution in [0.1, 0.15) is 17.3 Å². The molecule has 2 aromatic rings. The van der Waals surface area contributed by atoms with Gasteiger partial charge in [-0.3, -0.25) is 9.59 Å². The second-order valence-electron chi connectivity index (χ2n) is 5.00. The van der Waals surface area contributed by atoms with Crippen LogP contribution >= 0.6 is 23.2 Å². The van der Waals surface area contributed by atoms with Gasteiger partial charge in [0.05, 0.1) is 6.54 Å². The molecule has 7 heteroatoms. The molecule has 0 unspecified atom stereocenters. The first-order valence-electron chi connectivity index (χ1n) is 7.36. The van der Waals surface area contributed by atoms with Crippen LogP contribution in [0.5, 0.6) is 0 Å². The van der Waals surface area contributed by atoms with Crippen molar-refractivity contribution in [2.75, 3.05) is 23.7 Å². The number of hydrogen-bond donors (Lipinski definition) is 3. The summed E-state index contributed by atoms with van der Waals surface area (Å²) in [5.41, 5.74) is 1.84. The predicted molar refractivity (Wildman–Crippen MR) is 98.0 cm³/mol. The maximum Gasteiger partial charge on any atom is 0.251 e. The smallest absolute Gasteiger partial charge is 0.251 e. The molecule has 2 aromatic carbocycles. The first-order valence-corrected chi connectivity index (χ1v) is 8.11. The molecule has 2 amide bonds. The van der Waals surface area contributed by atoms with E-state index >= 15 is 0 Å². The highest BCUT2D eigenvalue weighted by Crippen LogP contribution is 2.22. The summed E-state index contributed by atoms with van der Waals surface area (Å²) in [6.45, 7) is 2.51. The lowest BCUT2D eigenvalue weighted by molar-refractivity contribution is -0.114. The van der Waals surface area contributed by atoms with Crippen LogP contribution in [0.4, 0.5) is 11.4 Å². The van der Waals surface area contributed by atoms with E-state index in [1.165, 1.54) is 0 Å². The standard InChI is InChI=1S/C17H17Cl2N3O2/c1-2-20-17(24)11-3-5-14(6-4-11)21-10-16(23)22-15-8-12(18)7-13(19)9-15/h3-9,21H,2,10H2,1H3,(H,20,24)(H,22,23). The topological polar surface area (TPSA) is 70.2 Å². The van der Waals surface area contributed by atoms with Gasteiger partial charge in [-0.15, -0.1) is 0 Å². The second-order valence-corrected chi connectivity index (χ2v) is 5.87. The van der Waals surface area contributed by atoms with Crippen LogP contribution in [-0.2, 0) is 4.79 Å². The minimum absolute atomic E-state index is 0.0740. The van der Waals surface area contributed by atoms with Gasteiger partial charge in [-0.05, 0) is 49.4 Å². The van der Waals surface area contributed by atoms with Crippen molar-refractivity contribution in [3.8, 4) is 0 Å². The molecule has 0 aliphatic heterocycles. The molecule has 0 saturated carbocycles. The Hall–Kier alpha value is -2.24. The van der Waals surface area contributed by atoms with E-state index in [2.05, 4.69) is 16.0 Å². The molecule has 24 heavy (non-hydrogen) atoms. The first kappa shape index (κ1) is 18.1. The Morgan fingerprint density at radius 2 is 1.58 bits per heavy atom. The van der Waals surface area contributed by atoms with Gasteiger partial charge in [0.25, 0.3) is 5.91 Å². The molecule has 0 radical (unpaired) electrons.